The Morgan fingerprint density at radius 2 is 1.85 bits per heavy atom. The fraction of sp³-hybridized carbons (Fsp3) is 0.300. The van der Waals surface area contributed by atoms with Crippen LogP contribution in [0.3, 0.4) is 0 Å². The van der Waals surface area contributed by atoms with Crippen molar-refractivity contribution in [3.63, 3.8) is 0 Å². The predicted molar refractivity (Wildman–Crippen MR) is 106 cm³/mol. The van der Waals surface area contributed by atoms with Gasteiger partial charge in [0, 0.05) is 23.4 Å². The minimum Gasteiger partial charge on any atom is -0.497 e. The van der Waals surface area contributed by atoms with Crippen molar-refractivity contribution in [2.75, 3.05) is 17.7 Å². The largest absolute Gasteiger partial charge is 0.497 e. The molecule has 0 aliphatic carbocycles. The van der Waals surface area contributed by atoms with E-state index in [1.807, 2.05) is 62.4 Å². The Hall–Kier alpha value is -3.02. The number of methoxy groups -OCH3 is 1. The lowest BCUT2D eigenvalue weighted by Crippen LogP contribution is -2.22. The van der Waals surface area contributed by atoms with Gasteiger partial charge in [0.05, 0.1) is 13.7 Å². The topological polar surface area (TPSA) is 88.7 Å². The van der Waals surface area contributed by atoms with Crippen LogP contribution in [0, 0.1) is 5.92 Å². The van der Waals surface area contributed by atoms with E-state index in [1.165, 1.54) is 0 Å². The van der Waals surface area contributed by atoms with Crippen LogP contribution < -0.4 is 21.1 Å². The second-order valence-corrected chi connectivity index (χ2v) is 6.06. The quantitative estimate of drug-likeness (QED) is 0.523. The zero-order valence-electron chi connectivity index (χ0n) is 15.5. The first kappa shape index (κ1) is 19.3. The van der Waals surface area contributed by atoms with E-state index in [0.29, 0.717) is 12.5 Å². The second kappa shape index (κ2) is 9.46. The lowest BCUT2D eigenvalue weighted by atomic mass is 10.1. The SMILES string of the molecule is CCC(C)C(=O)Nc1cccc(CN=C(N)Nc2cccc(OC)c2)c1. The molecule has 0 radical (unpaired) electrons. The van der Waals surface area contributed by atoms with E-state index in [4.69, 9.17) is 10.5 Å². The van der Waals surface area contributed by atoms with Crippen LogP contribution in [-0.4, -0.2) is 19.0 Å². The smallest absolute Gasteiger partial charge is 0.227 e. The van der Waals surface area contributed by atoms with Crippen molar-refractivity contribution in [2.45, 2.75) is 26.8 Å². The highest BCUT2D eigenvalue weighted by atomic mass is 16.5. The van der Waals surface area contributed by atoms with Gasteiger partial charge in [0.1, 0.15) is 5.75 Å². The lowest BCUT2D eigenvalue weighted by molar-refractivity contribution is -0.119. The molecule has 0 fully saturated rings. The molecule has 4 N–H and O–H groups in total. The maximum Gasteiger partial charge on any atom is 0.227 e. The molecular formula is C20H26N4O2. The van der Waals surface area contributed by atoms with Gasteiger partial charge in [-0.05, 0) is 36.2 Å². The molecule has 0 heterocycles. The van der Waals surface area contributed by atoms with Crippen LogP contribution in [0.15, 0.2) is 53.5 Å². The molecule has 6 heteroatoms. The molecule has 0 aromatic heterocycles. The minimum absolute atomic E-state index is 0.0145. The summed E-state index contributed by atoms with van der Waals surface area (Å²) in [5.74, 6) is 1.06. The van der Waals surface area contributed by atoms with Crippen LogP contribution in [0.4, 0.5) is 11.4 Å². The fourth-order valence-electron chi connectivity index (χ4n) is 2.26. The molecule has 6 nitrogen and oxygen atoms in total. The van der Waals surface area contributed by atoms with Gasteiger partial charge in [-0.25, -0.2) is 4.99 Å². The van der Waals surface area contributed by atoms with Gasteiger partial charge in [-0.1, -0.05) is 32.0 Å². The zero-order chi connectivity index (χ0) is 18.9. The number of guanidine groups is 1. The first-order valence-corrected chi connectivity index (χ1v) is 8.62. The van der Waals surface area contributed by atoms with Gasteiger partial charge in [-0.3, -0.25) is 4.79 Å². The Kier molecular flexibility index (Phi) is 7.02. The molecule has 0 saturated heterocycles. The number of nitrogens with one attached hydrogen (secondary N) is 2. The van der Waals surface area contributed by atoms with Crippen molar-refractivity contribution in [1.29, 1.82) is 0 Å². The van der Waals surface area contributed by atoms with E-state index in [2.05, 4.69) is 15.6 Å². The summed E-state index contributed by atoms with van der Waals surface area (Å²) in [5.41, 5.74) is 8.48. The Labute approximate surface area is 154 Å². The number of hydrogen-bond acceptors (Lipinski definition) is 3. The third kappa shape index (κ3) is 5.81. The fourth-order valence-corrected chi connectivity index (χ4v) is 2.26. The molecular weight excluding hydrogens is 328 g/mol. The van der Waals surface area contributed by atoms with E-state index in [0.717, 1.165) is 29.1 Å². The number of amides is 1. The molecule has 138 valence electrons. The third-order valence-corrected chi connectivity index (χ3v) is 4.03. The predicted octanol–water partition coefficient (Wildman–Crippen LogP) is 3.61. The molecule has 0 aliphatic rings. The number of benzene rings is 2. The van der Waals surface area contributed by atoms with E-state index in [1.54, 1.807) is 7.11 Å². The van der Waals surface area contributed by atoms with Crippen LogP contribution in [0.2, 0.25) is 0 Å². The van der Waals surface area contributed by atoms with E-state index < -0.39 is 0 Å². The number of nitrogens with two attached hydrogens (primary N) is 1. The Morgan fingerprint density at radius 1 is 1.15 bits per heavy atom. The van der Waals surface area contributed by atoms with Crippen molar-refractivity contribution in [3.05, 3.63) is 54.1 Å². The highest BCUT2D eigenvalue weighted by Crippen LogP contribution is 2.17. The number of aliphatic imine (C=N–C) groups is 1. The van der Waals surface area contributed by atoms with Crippen molar-refractivity contribution in [2.24, 2.45) is 16.6 Å². The average molecular weight is 354 g/mol. The Morgan fingerprint density at radius 3 is 2.54 bits per heavy atom. The standard InChI is InChI=1S/C20H26N4O2/c1-4-14(2)19(25)23-16-8-5-7-15(11-16)13-22-20(21)24-17-9-6-10-18(12-17)26-3/h5-12,14H,4,13H2,1-3H3,(H,23,25)(H3,21,22,24). The summed E-state index contributed by atoms with van der Waals surface area (Å²) in [5, 5.41) is 5.96. The first-order chi connectivity index (χ1) is 12.5. The molecule has 2 rings (SSSR count). The molecule has 0 saturated carbocycles. The molecule has 0 spiro atoms. The average Bonchev–Trinajstić information content (AvgIpc) is 2.66. The third-order valence-electron chi connectivity index (χ3n) is 4.03. The van der Waals surface area contributed by atoms with Gasteiger partial charge in [-0.15, -0.1) is 0 Å². The van der Waals surface area contributed by atoms with Crippen molar-refractivity contribution >= 4 is 23.2 Å². The van der Waals surface area contributed by atoms with Gasteiger partial charge in [0.15, 0.2) is 5.96 Å². The summed E-state index contributed by atoms with van der Waals surface area (Å²) in [6.45, 7) is 4.32. The molecule has 0 bridgehead atoms. The summed E-state index contributed by atoms with van der Waals surface area (Å²) in [6.07, 6.45) is 0.808. The summed E-state index contributed by atoms with van der Waals surface area (Å²) in [7, 11) is 1.61. The Balaban J connectivity index is 1.98. The van der Waals surface area contributed by atoms with Crippen LogP contribution in [0.25, 0.3) is 0 Å². The summed E-state index contributed by atoms with van der Waals surface area (Å²) in [6, 6.07) is 15.1. The number of rotatable bonds is 7. The van der Waals surface area contributed by atoms with Gasteiger partial charge >= 0.3 is 0 Å². The molecule has 1 unspecified atom stereocenters. The number of nitrogens with zero attached hydrogens (tertiary/aromatic N) is 1. The zero-order valence-corrected chi connectivity index (χ0v) is 15.5. The first-order valence-electron chi connectivity index (χ1n) is 8.62. The molecule has 1 atom stereocenters. The normalized spacial score (nSPS) is 12.3. The van der Waals surface area contributed by atoms with Crippen LogP contribution >= 0.6 is 0 Å². The lowest BCUT2D eigenvalue weighted by Gasteiger charge is -2.11. The molecule has 1 amide bonds. The summed E-state index contributed by atoms with van der Waals surface area (Å²) in [4.78, 5) is 16.3. The Bertz CT molecular complexity index is 774. The number of carbonyl (C=O) groups excluding carboxylic acids is 1. The van der Waals surface area contributed by atoms with Crippen molar-refractivity contribution < 1.29 is 9.53 Å². The number of carbonyl (C=O) groups is 1. The van der Waals surface area contributed by atoms with Crippen LogP contribution in [0.5, 0.6) is 5.75 Å². The molecule has 26 heavy (non-hydrogen) atoms. The van der Waals surface area contributed by atoms with Crippen molar-refractivity contribution in [1.82, 2.24) is 0 Å². The minimum atomic E-state index is -0.0145. The van der Waals surface area contributed by atoms with Crippen molar-refractivity contribution in [3.8, 4) is 5.75 Å². The monoisotopic (exact) mass is 354 g/mol. The van der Waals surface area contributed by atoms with Gasteiger partial charge in [-0.2, -0.15) is 0 Å². The summed E-state index contributed by atoms with van der Waals surface area (Å²) < 4.78 is 5.18. The number of anilines is 2. The maximum absolute atomic E-state index is 12.0. The number of ether oxygens (including phenoxy) is 1. The highest BCUT2D eigenvalue weighted by Gasteiger charge is 2.10. The highest BCUT2D eigenvalue weighted by molar-refractivity contribution is 5.93. The maximum atomic E-state index is 12.0. The van der Waals surface area contributed by atoms with Crippen LogP contribution in [0.1, 0.15) is 25.8 Å². The van der Waals surface area contributed by atoms with Gasteiger partial charge in [0.2, 0.25) is 5.91 Å². The van der Waals surface area contributed by atoms with E-state index in [9.17, 15) is 4.79 Å². The van der Waals surface area contributed by atoms with Gasteiger partial charge in [0.25, 0.3) is 0 Å². The summed E-state index contributed by atoms with van der Waals surface area (Å²) >= 11 is 0. The van der Waals surface area contributed by atoms with E-state index in [-0.39, 0.29) is 11.8 Å². The van der Waals surface area contributed by atoms with E-state index >= 15 is 0 Å². The molecule has 2 aromatic rings. The number of hydrogen-bond donors (Lipinski definition) is 3. The van der Waals surface area contributed by atoms with Gasteiger partial charge < -0.3 is 21.1 Å². The second-order valence-electron chi connectivity index (χ2n) is 6.06. The van der Waals surface area contributed by atoms with Crippen LogP contribution in [-0.2, 0) is 11.3 Å². The molecule has 2 aromatic carbocycles. The molecule has 0 aliphatic heterocycles.